The first-order chi connectivity index (χ1) is 12.9. The molecule has 1 aromatic rings. The van der Waals surface area contributed by atoms with Gasteiger partial charge >= 0.3 is 0 Å². The van der Waals surface area contributed by atoms with Crippen LogP contribution in [0, 0.1) is 11.8 Å². The average Bonchev–Trinajstić information content (AvgIpc) is 2.64. The van der Waals surface area contributed by atoms with Crippen LogP contribution in [0.25, 0.3) is 0 Å². The molecule has 1 aliphatic rings. The lowest BCUT2D eigenvalue weighted by Crippen LogP contribution is -2.42. The molecule has 7 nitrogen and oxygen atoms in total. The maximum Gasteiger partial charge on any atom is 0.255 e. The number of rotatable bonds is 8. The summed E-state index contributed by atoms with van der Waals surface area (Å²) in [6.45, 7) is 7.81. The van der Waals surface area contributed by atoms with E-state index in [2.05, 4.69) is 15.6 Å². The Morgan fingerprint density at radius 2 is 2.04 bits per heavy atom. The molecule has 0 radical (unpaired) electrons. The molecule has 27 heavy (non-hydrogen) atoms. The van der Waals surface area contributed by atoms with Crippen LogP contribution in [0.15, 0.2) is 18.3 Å². The zero-order valence-corrected chi connectivity index (χ0v) is 16.5. The van der Waals surface area contributed by atoms with E-state index < -0.39 is 0 Å². The standard InChI is InChI=1S/C20H30N4O3/c1-14(2)11-18(26)17-5-4-10-24(13-17)20(27)16-6-7-19(23-12-16)22-9-8-21-15(3)25/h6-7,12,14,17H,4-5,8-11,13H2,1-3H3,(H,21,25)(H,22,23)/t17-/m1/s1. The Morgan fingerprint density at radius 3 is 2.67 bits per heavy atom. The highest BCUT2D eigenvalue weighted by Crippen LogP contribution is 2.22. The van der Waals surface area contributed by atoms with Crippen LogP contribution < -0.4 is 10.6 Å². The number of pyridine rings is 1. The van der Waals surface area contributed by atoms with Crippen LogP contribution >= 0.6 is 0 Å². The first kappa shape index (κ1) is 20.9. The fraction of sp³-hybridized carbons (Fsp3) is 0.600. The van der Waals surface area contributed by atoms with Gasteiger partial charge in [0.05, 0.1) is 5.56 Å². The molecule has 0 unspecified atom stereocenters. The van der Waals surface area contributed by atoms with Crippen LogP contribution in [0.5, 0.6) is 0 Å². The van der Waals surface area contributed by atoms with Gasteiger partial charge in [0.2, 0.25) is 5.91 Å². The van der Waals surface area contributed by atoms with Gasteiger partial charge in [-0.2, -0.15) is 0 Å². The molecule has 1 fully saturated rings. The van der Waals surface area contributed by atoms with Crippen LogP contribution in [0.3, 0.4) is 0 Å². The summed E-state index contributed by atoms with van der Waals surface area (Å²) in [6, 6.07) is 3.50. The molecule has 2 amide bonds. The van der Waals surface area contributed by atoms with Crippen molar-refractivity contribution in [1.29, 1.82) is 0 Å². The number of ketones is 1. The lowest BCUT2D eigenvalue weighted by atomic mass is 9.89. The molecule has 1 atom stereocenters. The fourth-order valence-electron chi connectivity index (χ4n) is 3.23. The lowest BCUT2D eigenvalue weighted by Gasteiger charge is -2.32. The van der Waals surface area contributed by atoms with Gasteiger partial charge in [-0.1, -0.05) is 13.8 Å². The Morgan fingerprint density at radius 1 is 1.26 bits per heavy atom. The van der Waals surface area contributed by atoms with E-state index in [4.69, 9.17) is 0 Å². The van der Waals surface area contributed by atoms with Gasteiger partial charge in [0.25, 0.3) is 5.91 Å². The van der Waals surface area contributed by atoms with Crippen LogP contribution in [0.1, 0.15) is 50.4 Å². The van der Waals surface area contributed by atoms with Gasteiger partial charge in [-0.05, 0) is 30.9 Å². The third-order valence-electron chi connectivity index (χ3n) is 4.59. The summed E-state index contributed by atoms with van der Waals surface area (Å²) in [5.74, 6) is 1.07. The van der Waals surface area contributed by atoms with E-state index in [1.807, 2.05) is 13.8 Å². The molecule has 7 heteroatoms. The molecule has 0 bridgehead atoms. The van der Waals surface area contributed by atoms with Crippen molar-refractivity contribution < 1.29 is 14.4 Å². The number of likely N-dealkylation sites (tertiary alicyclic amines) is 1. The number of amides is 2. The van der Waals surface area contributed by atoms with Gasteiger partial charge in [-0.3, -0.25) is 14.4 Å². The number of piperidine rings is 1. The van der Waals surface area contributed by atoms with Crippen molar-refractivity contribution in [2.45, 2.75) is 40.0 Å². The van der Waals surface area contributed by atoms with E-state index in [0.29, 0.717) is 49.9 Å². The monoisotopic (exact) mass is 374 g/mol. The molecule has 148 valence electrons. The Labute approximate surface area is 160 Å². The third kappa shape index (κ3) is 6.66. The molecule has 0 aliphatic carbocycles. The van der Waals surface area contributed by atoms with Gasteiger partial charge < -0.3 is 15.5 Å². The van der Waals surface area contributed by atoms with E-state index in [0.717, 1.165) is 12.8 Å². The summed E-state index contributed by atoms with van der Waals surface area (Å²) >= 11 is 0. The lowest BCUT2D eigenvalue weighted by molar-refractivity contribution is -0.125. The Hall–Kier alpha value is -2.44. The molecule has 2 heterocycles. The molecule has 1 aromatic heterocycles. The van der Waals surface area contributed by atoms with Crippen LogP contribution in [0.4, 0.5) is 5.82 Å². The summed E-state index contributed by atoms with van der Waals surface area (Å²) in [5, 5.41) is 5.79. The minimum absolute atomic E-state index is 0.0484. The molecular weight excluding hydrogens is 344 g/mol. The molecule has 0 saturated carbocycles. The second-order valence-electron chi connectivity index (χ2n) is 7.50. The molecule has 0 aromatic carbocycles. The Bertz CT molecular complexity index is 658. The number of hydrogen-bond acceptors (Lipinski definition) is 5. The van der Waals surface area contributed by atoms with E-state index in [1.54, 1.807) is 23.2 Å². The van der Waals surface area contributed by atoms with E-state index >= 15 is 0 Å². The average molecular weight is 374 g/mol. The van der Waals surface area contributed by atoms with Crippen molar-refractivity contribution in [3.63, 3.8) is 0 Å². The Balaban J connectivity index is 1.88. The van der Waals surface area contributed by atoms with Gasteiger partial charge in [-0.15, -0.1) is 0 Å². The highest BCUT2D eigenvalue weighted by Gasteiger charge is 2.29. The second kappa shape index (κ2) is 10.0. The maximum absolute atomic E-state index is 12.7. The minimum atomic E-state index is -0.0747. The second-order valence-corrected chi connectivity index (χ2v) is 7.50. The first-order valence-corrected chi connectivity index (χ1v) is 9.63. The summed E-state index contributed by atoms with van der Waals surface area (Å²) in [7, 11) is 0. The van der Waals surface area contributed by atoms with E-state index in [-0.39, 0.29) is 23.5 Å². The van der Waals surface area contributed by atoms with Gasteiger partial charge in [-0.25, -0.2) is 4.98 Å². The molecular formula is C20H30N4O3. The molecule has 1 saturated heterocycles. The SMILES string of the molecule is CC(=O)NCCNc1ccc(C(=O)N2CCC[C@@H](C(=O)CC(C)C)C2)cn1. The minimum Gasteiger partial charge on any atom is -0.368 e. The number of Topliss-reactive ketones (excluding diaryl/α,β-unsaturated/α-hetero) is 1. The van der Waals surface area contributed by atoms with Crippen LogP contribution in [-0.4, -0.2) is 53.7 Å². The summed E-state index contributed by atoms with van der Waals surface area (Å²) in [4.78, 5) is 41.9. The van der Waals surface area contributed by atoms with Gasteiger partial charge in [0.15, 0.2) is 0 Å². The van der Waals surface area contributed by atoms with Crippen molar-refractivity contribution in [3.05, 3.63) is 23.9 Å². The van der Waals surface area contributed by atoms with Crippen molar-refractivity contribution in [2.75, 3.05) is 31.5 Å². The number of carbonyl (C=O) groups excluding carboxylic acids is 3. The summed E-state index contributed by atoms with van der Waals surface area (Å²) < 4.78 is 0. The maximum atomic E-state index is 12.7. The highest BCUT2D eigenvalue weighted by molar-refractivity contribution is 5.94. The predicted molar refractivity (Wildman–Crippen MR) is 104 cm³/mol. The number of hydrogen-bond donors (Lipinski definition) is 2. The normalized spacial score (nSPS) is 16.9. The van der Waals surface area contributed by atoms with E-state index in [1.165, 1.54) is 6.92 Å². The largest absolute Gasteiger partial charge is 0.368 e. The molecule has 1 aliphatic heterocycles. The molecule has 2 rings (SSSR count). The summed E-state index contributed by atoms with van der Waals surface area (Å²) in [6.07, 6.45) is 3.86. The zero-order chi connectivity index (χ0) is 19.8. The van der Waals surface area contributed by atoms with Crippen LogP contribution in [0.2, 0.25) is 0 Å². The van der Waals surface area contributed by atoms with Crippen molar-refractivity contribution in [3.8, 4) is 0 Å². The molecule has 2 N–H and O–H groups in total. The predicted octanol–water partition coefficient (Wildman–Crippen LogP) is 2.10. The number of nitrogens with zero attached hydrogens (tertiary/aromatic N) is 2. The number of aromatic nitrogens is 1. The number of carbonyl (C=O) groups is 3. The summed E-state index contributed by atoms with van der Waals surface area (Å²) in [5.41, 5.74) is 0.527. The zero-order valence-electron chi connectivity index (χ0n) is 16.5. The smallest absolute Gasteiger partial charge is 0.255 e. The molecule has 0 spiro atoms. The van der Waals surface area contributed by atoms with Crippen molar-refractivity contribution >= 4 is 23.4 Å². The van der Waals surface area contributed by atoms with Gasteiger partial charge in [0.1, 0.15) is 11.6 Å². The van der Waals surface area contributed by atoms with Crippen molar-refractivity contribution in [1.82, 2.24) is 15.2 Å². The Kier molecular flexibility index (Phi) is 7.76. The third-order valence-corrected chi connectivity index (χ3v) is 4.59. The first-order valence-electron chi connectivity index (χ1n) is 9.63. The van der Waals surface area contributed by atoms with E-state index in [9.17, 15) is 14.4 Å². The fourth-order valence-corrected chi connectivity index (χ4v) is 3.23. The number of anilines is 1. The topological polar surface area (TPSA) is 91.4 Å². The quantitative estimate of drug-likeness (QED) is 0.680. The highest BCUT2D eigenvalue weighted by atomic mass is 16.2. The van der Waals surface area contributed by atoms with Crippen molar-refractivity contribution in [2.24, 2.45) is 11.8 Å². The van der Waals surface area contributed by atoms with Gasteiger partial charge in [0, 0.05) is 51.6 Å². The van der Waals surface area contributed by atoms with Crippen LogP contribution in [-0.2, 0) is 9.59 Å². The number of nitrogens with one attached hydrogen (secondary N) is 2.